The lowest BCUT2D eigenvalue weighted by Gasteiger charge is -2.32. The van der Waals surface area contributed by atoms with Crippen LogP contribution in [0.2, 0.25) is 0 Å². The van der Waals surface area contributed by atoms with Crippen LogP contribution in [0, 0.1) is 11.8 Å². The highest BCUT2D eigenvalue weighted by Crippen LogP contribution is 2.29. The number of rotatable bonds is 2. The van der Waals surface area contributed by atoms with Crippen LogP contribution in [0.3, 0.4) is 0 Å². The van der Waals surface area contributed by atoms with Gasteiger partial charge in [-0.25, -0.2) is 0 Å². The van der Waals surface area contributed by atoms with Crippen molar-refractivity contribution in [3.63, 3.8) is 0 Å². The molecule has 0 spiro atoms. The summed E-state index contributed by atoms with van der Waals surface area (Å²) in [6.07, 6.45) is 6.21. The van der Waals surface area contributed by atoms with Gasteiger partial charge < -0.3 is 4.90 Å². The van der Waals surface area contributed by atoms with Gasteiger partial charge in [0.2, 0.25) is 11.8 Å². The first-order chi connectivity index (χ1) is 14.0. The van der Waals surface area contributed by atoms with Crippen LogP contribution in [0.4, 0.5) is 0 Å². The largest absolute Gasteiger partial charge is 0.355 e. The third-order valence-corrected chi connectivity index (χ3v) is 7.39. The van der Waals surface area contributed by atoms with Crippen molar-refractivity contribution in [3.8, 4) is 0 Å². The summed E-state index contributed by atoms with van der Waals surface area (Å²) in [7, 11) is -3.64. The Bertz CT molecular complexity index is 930. The Morgan fingerprint density at radius 2 is 1.48 bits per heavy atom. The molecule has 3 aliphatic rings. The molecule has 8 nitrogen and oxygen atoms in total. The Morgan fingerprint density at radius 1 is 0.897 bits per heavy atom. The summed E-state index contributed by atoms with van der Waals surface area (Å²) in [4.78, 5) is 26.8. The van der Waals surface area contributed by atoms with Crippen molar-refractivity contribution in [2.24, 2.45) is 16.2 Å². The van der Waals surface area contributed by atoms with Gasteiger partial charge in [-0.3, -0.25) is 20.4 Å². The molecule has 1 saturated carbocycles. The zero-order valence-corrected chi connectivity index (χ0v) is 17.1. The topological polar surface area (TPSA) is 108 Å². The first-order valence-electron chi connectivity index (χ1n) is 10.2. The van der Waals surface area contributed by atoms with E-state index in [1.165, 1.54) is 6.42 Å². The number of amides is 2. The van der Waals surface area contributed by atoms with Crippen molar-refractivity contribution in [1.82, 2.24) is 15.8 Å². The normalized spacial score (nSPS) is 21.9. The van der Waals surface area contributed by atoms with Crippen LogP contribution in [0.25, 0.3) is 0 Å². The Kier molecular flexibility index (Phi) is 5.58. The summed E-state index contributed by atoms with van der Waals surface area (Å²) in [5, 5.41) is 0. The minimum Gasteiger partial charge on any atom is -0.355 e. The van der Waals surface area contributed by atoms with Crippen LogP contribution in [0.5, 0.6) is 0 Å². The summed E-state index contributed by atoms with van der Waals surface area (Å²) in [6.45, 7) is 1.08. The number of likely N-dealkylation sites (tertiary alicyclic amines) is 1. The van der Waals surface area contributed by atoms with Gasteiger partial charge in [0, 0.05) is 30.5 Å². The highest BCUT2D eigenvalue weighted by molar-refractivity contribution is 7.90. The molecule has 156 valence electrons. The molecule has 1 aromatic carbocycles. The van der Waals surface area contributed by atoms with Crippen molar-refractivity contribution in [1.29, 1.82) is 0 Å². The van der Waals surface area contributed by atoms with Crippen LogP contribution in [0.1, 0.15) is 50.5 Å². The molecule has 9 heteroatoms. The second-order valence-electron chi connectivity index (χ2n) is 7.96. The molecule has 2 N–H and O–H groups in total. The van der Waals surface area contributed by atoms with Crippen molar-refractivity contribution < 1.29 is 18.0 Å². The first kappa shape index (κ1) is 19.9. The zero-order valence-electron chi connectivity index (χ0n) is 16.3. The number of amidine groups is 1. The fourth-order valence-electron chi connectivity index (χ4n) is 4.36. The van der Waals surface area contributed by atoms with E-state index in [4.69, 9.17) is 0 Å². The predicted molar refractivity (Wildman–Crippen MR) is 107 cm³/mol. The van der Waals surface area contributed by atoms with Gasteiger partial charge in [-0.1, -0.05) is 31.4 Å². The number of piperidine rings is 1. The maximum absolute atomic E-state index is 12.4. The standard InChI is InChI=1S/C20H26N4O4S/c25-19(14-6-2-1-3-7-14)21-22-20(26)15-10-12-24(13-11-15)18-16-8-4-5-9-17(16)29(27,28)23-18/h4-5,8-9,14-15H,1-3,6-7,10-13H2,(H,21,25)(H,22,26). The monoisotopic (exact) mass is 418 g/mol. The van der Waals surface area contributed by atoms with Gasteiger partial charge >= 0.3 is 0 Å². The molecule has 0 radical (unpaired) electrons. The van der Waals surface area contributed by atoms with Crippen LogP contribution in [-0.4, -0.2) is 44.1 Å². The summed E-state index contributed by atoms with van der Waals surface area (Å²) in [6, 6.07) is 6.81. The van der Waals surface area contributed by atoms with Gasteiger partial charge in [-0.15, -0.1) is 4.40 Å². The zero-order chi connectivity index (χ0) is 20.4. The molecular formula is C20H26N4O4S. The number of carbonyl (C=O) groups is 2. The summed E-state index contributed by atoms with van der Waals surface area (Å²) >= 11 is 0. The number of carbonyl (C=O) groups excluding carboxylic acids is 2. The maximum atomic E-state index is 12.4. The number of nitrogens with zero attached hydrogens (tertiary/aromatic N) is 2. The number of fused-ring (bicyclic) bond motifs is 1. The Morgan fingerprint density at radius 3 is 2.14 bits per heavy atom. The molecule has 1 saturated heterocycles. The molecular weight excluding hydrogens is 392 g/mol. The maximum Gasteiger partial charge on any atom is 0.285 e. The van der Waals surface area contributed by atoms with Crippen LogP contribution in [-0.2, 0) is 19.6 Å². The number of hydrazine groups is 1. The van der Waals surface area contributed by atoms with Crippen molar-refractivity contribution in [2.75, 3.05) is 13.1 Å². The van der Waals surface area contributed by atoms with Gasteiger partial charge in [-0.05, 0) is 37.8 Å². The molecule has 4 rings (SSSR count). The highest BCUT2D eigenvalue weighted by atomic mass is 32.2. The molecule has 2 heterocycles. The lowest BCUT2D eigenvalue weighted by Crippen LogP contribution is -2.49. The first-order valence-corrected chi connectivity index (χ1v) is 11.7. The Hall–Kier alpha value is -2.42. The second-order valence-corrected chi connectivity index (χ2v) is 9.53. The van der Waals surface area contributed by atoms with Crippen LogP contribution in [0.15, 0.2) is 33.6 Å². The minimum absolute atomic E-state index is 0.00621. The molecule has 1 aliphatic carbocycles. The van der Waals surface area contributed by atoms with Gasteiger partial charge in [-0.2, -0.15) is 8.42 Å². The van der Waals surface area contributed by atoms with Crippen molar-refractivity contribution in [2.45, 2.75) is 49.8 Å². The summed E-state index contributed by atoms with van der Waals surface area (Å²) in [5.41, 5.74) is 5.78. The Labute approximate surface area is 170 Å². The van der Waals surface area contributed by atoms with E-state index in [0.29, 0.717) is 37.3 Å². The Balaban J connectivity index is 1.31. The van der Waals surface area contributed by atoms with Gasteiger partial charge in [0.05, 0.1) is 0 Å². The smallest absolute Gasteiger partial charge is 0.285 e. The number of sulfonamides is 1. The van der Waals surface area contributed by atoms with E-state index in [1.54, 1.807) is 24.3 Å². The van der Waals surface area contributed by atoms with Crippen molar-refractivity contribution in [3.05, 3.63) is 29.8 Å². The number of nitrogens with one attached hydrogen (secondary N) is 2. The van der Waals surface area contributed by atoms with E-state index in [0.717, 1.165) is 25.7 Å². The van der Waals surface area contributed by atoms with E-state index in [-0.39, 0.29) is 28.5 Å². The van der Waals surface area contributed by atoms with E-state index in [9.17, 15) is 18.0 Å². The lowest BCUT2D eigenvalue weighted by molar-refractivity contribution is -0.134. The molecule has 2 fully saturated rings. The summed E-state index contributed by atoms with van der Waals surface area (Å²) in [5.74, 6) is -0.0436. The number of hydrogen-bond acceptors (Lipinski definition) is 5. The average molecular weight is 419 g/mol. The molecule has 29 heavy (non-hydrogen) atoms. The third kappa shape index (κ3) is 4.14. The third-order valence-electron chi connectivity index (χ3n) is 6.06. The second kappa shape index (κ2) is 8.14. The molecule has 0 aromatic heterocycles. The van der Waals surface area contributed by atoms with E-state index >= 15 is 0 Å². The van der Waals surface area contributed by atoms with E-state index in [2.05, 4.69) is 15.2 Å². The SMILES string of the molecule is O=C(NNC(=O)C1CCN(C2=NS(=O)(=O)c3ccccc32)CC1)C1CCCCC1. The molecule has 1 aromatic rings. The fraction of sp³-hybridized carbons (Fsp3) is 0.550. The predicted octanol–water partition coefficient (Wildman–Crippen LogP) is 1.58. The molecule has 0 atom stereocenters. The lowest BCUT2D eigenvalue weighted by atomic mass is 9.89. The molecule has 2 amide bonds. The van der Waals surface area contributed by atoms with E-state index in [1.807, 2.05) is 4.90 Å². The number of benzene rings is 1. The van der Waals surface area contributed by atoms with Gasteiger partial charge in [0.15, 0.2) is 5.84 Å². The molecule has 0 unspecified atom stereocenters. The molecule has 0 bridgehead atoms. The minimum atomic E-state index is -3.64. The fourth-order valence-corrected chi connectivity index (χ4v) is 5.59. The average Bonchev–Trinajstić information content (AvgIpc) is 3.04. The highest BCUT2D eigenvalue weighted by Gasteiger charge is 2.34. The number of hydrogen-bond donors (Lipinski definition) is 2. The van der Waals surface area contributed by atoms with Gasteiger partial charge in [0.25, 0.3) is 10.0 Å². The molecule has 2 aliphatic heterocycles. The van der Waals surface area contributed by atoms with Crippen LogP contribution >= 0.6 is 0 Å². The van der Waals surface area contributed by atoms with E-state index < -0.39 is 10.0 Å². The summed E-state index contributed by atoms with van der Waals surface area (Å²) < 4.78 is 28.4. The van der Waals surface area contributed by atoms with Crippen molar-refractivity contribution >= 4 is 27.7 Å². The van der Waals surface area contributed by atoms with Gasteiger partial charge in [0.1, 0.15) is 4.90 Å². The quantitative estimate of drug-likeness (QED) is 0.709. The van der Waals surface area contributed by atoms with Crippen LogP contribution < -0.4 is 10.9 Å².